The van der Waals surface area contributed by atoms with Crippen molar-refractivity contribution >= 4 is 17.7 Å². The molecule has 0 radical (unpaired) electrons. The molecule has 1 rings (SSSR count). The number of nitrogens with one attached hydrogen (secondary N) is 1. The van der Waals surface area contributed by atoms with Crippen LogP contribution in [0.2, 0.25) is 0 Å². The van der Waals surface area contributed by atoms with E-state index in [-0.39, 0.29) is 11.2 Å². The Morgan fingerprint density at radius 2 is 2.56 bits per heavy atom. The summed E-state index contributed by atoms with van der Waals surface area (Å²) in [5, 5.41) is 2.83. The summed E-state index contributed by atoms with van der Waals surface area (Å²) in [7, 11) is 0. The van der Waals surface area contributed by atoms with Crippen LogP contribution in [0.4, 0.5) is 0 Å². The van der Waals surface area contributed by atoms with E-state index in [0.29, 0.717) is 13.2 Å². The molecule has 1 unspecified atom stereocenters. The van der Waals surface area contributed by atoms with Gasteiger partial charge in [0.15, 0.2) is 0 Å². The molecule has 0 aliphatic carbocycles. The lowest BCUT2D eigenvalue weighted by molar-refractivity contribution is -0.122. The quantitative estimate of drug-likeness (QED) is 0.488. The summed E-state index contributed by atoms with van der Waals surface area (Å²) in [4.78, 5) is 10.5. The molecule has 0 bridgehead atoms. The number of rotatable bonds is 1. The number of hydrogen-bond donors (Lipinski definition) is 2. The number of carbonyl (C=O) groups is 1. The molecular weight excluding hydrogens is 138 g/mol. The molecule has 1 saturated heterocycles. The van der Waals surface area contributed by atoms with Crippen molar-refractivity contribution in [2.75, 3.05) is 19.7 Å². The van der Waals surface area contributed by atoms with E-state index in [2.05, 4.69) is 17.9 Å². The first-order chi connectivity index (χ1) is 4.30. The molecule has 0 saturated carbocycles. The molecule has 0 spiro atoms. The van der Waals surface area contributed by atoms with Crippen molar-refractivity contribution in [2.45, 2.75) is 6.10 Å². The highest BCUT2D eigenvalue weighted by atomic mass is 32.1. The summed E-state index contributed by atoms with van der Waals surface area (Å²) in [6, 6.07) is 0. The Balaban J connectivity index is 2.31. The van der Waals surface area contributed by atoms with Crippen LogP contribution in [0, 0.1) is 0 Å². The van der Waals surface area contributed by atoms with Gasteiger partial charge in [0.1, 0.15) is 6.10 Å². The largest absolute Gasteiger partial charge is 0.367 e. The average molecular weight is 147 g/mol. The van der Waals surface area contributed by atoms with Crippen LogP contribution in [0.25, 0.3) is 0 Å². The fraction of sp³-hybridized carbons (Fsp3) is 0.800. The van der Waals surface area contributed by atoms with Gasteiger partial charge < -0.3 is 10.1 Å². The maximum absolute atomic E-state index is 10.5. The highest BCUT2D eigenvalue weighted by Crippen LogP contribution is 1.98. The van der Waals surface area contributed by atoms with Crippen LogP contribution in [0.3, 0.4) is 0 Å². The first-order valence-electron chi connectivity index (χ1n) is 2.86. The normalized spacial score (nSPS) is 27.9. The molecule has 1 atom stereocenters. The van der Waals surface area contributed by atoms with Crippen molar-refractivity contribution in [2.24, 2.45) is 0 Å². The van der Waals surface area contributed by atoms with Crippen LogP contribution in [-0.4, -0.2) is 30.9 Å². The van der Waals surface area contributed by atoms with E-state index in [1.807, 2.05) is 0 Å². The summed E-state index contributed by atoms with van der Waals surface area (Å²) in [6.07, 6.45) is -0.331. The van der Waals surface area contributed by atoms with Crippen molar-refractivity contribution in [1.29, 1.82) is 0 Å². The minimum Gasteiger partial charge on any atom is -0.367 e. The molecule has 0 aromatic rings. The van der Waals surface area contributed by atoms with E-state index < -0.39 is 0 Å². The molecule has 1 aliphatic heterocycles. The smallest absolute Gasteiger partial charge is 0.215 e. The van der Waals surface area contributed by atoms with E-state index in [4.69, 9.17) is 4.74 Å². The lowest BCUT2D eigenvalue weighted by Crippen LogP contribution is -2.41. The lowest BCUT2D eigenvalue weighted by atomic mass is 10.3. The van der Waals surface area contributed by atoms with E-state index in [9.17, 15) is 4.79 Å². The summed E-state index contributed by atoms with van der Waals surface area (Å²) in [5.74, 6) is 0. The zero-order chi connectivity index (χ0) is 6.69. The van der Waals surface area contributed by atoms with Crippen LogP contribution in [0.1, 0.15) is 0 Å². The van der Waals surface area contributed by atoms with Gasteiger partial charge >= 0.3 is 0 Å². The Morgan fingerprint density at radius 1 is 1.78 bits per heavy atom. The first-order valence-corrected chi connectivity index (χ1v) is 3.30. The molecule has 1 N–H and O–H groups in total. The van der Waals surface area contributed by atoms with Crippen molar-refractivity contribution < 1.29 is 9.53 Å². The Morgan fingerprint density at radius 3 is 2.89 bits per heavy atom. The topological polar surface area (TPSA) is 38.3 Å². The van der Waals surface area contributed by atoms with Gasteiger partial charge in [-0.15, -0.1) is 12.6 Å². The number of carbonyl (C=O) groups excluding carboxylic acids is 1. The predicted octanol–water partition coefficient (Wildman–Crippen LogP) is -0.569. The summed E-state index contributed by atoms with van der Waals surface area (Å²) in [6.45, 7) is 2.04. The molecule has 1 aliphatic rings. The zero-order valence-electron chi connectivity index (χ0n) is 4.96. The summed E-state index contributed by atoms with van der Waals surface area (Å²) in [5.41, 5.74) is 0. The Bertz CT molecular complexity index is 112. The van der Waals surface area contributed by atoms with Crippen LogP contribution in [0.15, 0.2) is 0 Å². The Hall–Kier alpha value is -0.0600. The molecule has 3 nitrogen and oxygen atoms in total. The number of ether oxygens (including phenoxy) is 1. The van der Waals surface area contributed by atoms with Crippen molar-refractivity contribution in [1.82, 2.24) is 5.32 Å². The van der Waals surface area contributed by atoms with E-state index >= 15 is 0 Å². The zero-order valence-corrected chi connectivity index (χ0v) is 5.86. The Kier molecular flexibility index (Phi) is 2.50. The third kappa shape index (κ3) is 1.97. The van der Waals surface area contributed by atoms with Gasteiger partial charge in [-0.3, -0.25) is 4.79 Å². The monoisotopic (exact) mass is 147 g/mol. The fourth-order valence-electron chi connectivity index (χ4n) is 0.724. The molecular formula is C5H9NO2S. The first kappa shape index (κ1) is 7.05. The highest BCUT2D eigenvalue weighted by Gasteiger charge is 2.17. The summed E-state index contributed by atoms with van der Waals surface area (Å²) < 4.78 is 5.05. The molecule has 0 amide bonds. The number of morpholine rings is 1. The van der Waals surface area contributed by atoms with Gasteiger partial charge in [-0.05, 0) is 0 Å². The minimum atomic E-state index is -0.331. The van der Waals surface area contributed by atoms with Gasteiger partial charge in [-0.25, -0.2) is 0 Å². The third-order valence-corrected chi connectivity index (χ3v) is 1.49. The van der Waals surface area contributed by atoms with Crippen LogP contribution in [-0.2, 0) is 9.53 Å². The van der Waals surface area contributed by atoms with Gasteiger partial charge in [-0.1, -0.05) is 0 Å². The van der Waals surface area contributed by atoms with E-state index in [1.54, 1.807) is 0 Å². The SMILES string of the molecule is O=C(S)C1CNCCO1. The molecule has 52 valence electrons. The van der Waals surface area contributed by atoms with Gasteiger partial charge in [0, 0.05) is 13.1 Å². The van der Waals surface area contributed by atoms with Gasteiger partial charge in [0.05, 0.1) is 6.61 Å². The van der Waals surface area contributed by atoms with Crippen molar-refractivity contribution in [3.05, 3.63) is 0 Å². The molecule has 0 aromatic carbocycles. The minimum absolute atomic E-state index is 0.192. The maximum Gasteiger partial charge on any atom is 0.215 e. The lowest BCUT2D eigenvalue weighted by Gasteiger charge is -2.20. The molecule has 0 aromatic heterocycles. The summed E-state index contributed by atoms with van der Waals surface area (Å²) >= 11 is 3.64. The maximum atomic E-state index is 10.5. The van der Waals surface area contributed by atoms with Gasteiger partial charge in [-0.2, -0.15) is 0 Å². The second kappa shape index (κ2) is 3.20. The van der Waals surface area contributed by atoms with E-state index in [1.165, 1.54) is 0 Å². The second-order valence-electron chi connectivity index (χ2n) is 1.90. The molecule has 9 heavy (non-hydrogen) atoms. The average Bonchev–Trinajstić information content (AvgIpc) is 1.90. The van der Waals surface area contributed by atoms with Crippen LogP contribution in [0.5, 0.6) is 0 Å². The number of thiol groups is 1. The molecule has 1 heterocycles. The second-order valence-corrected chi connectivity index (χ2v) is 2.34. The predicted molar refractivity (Wildman–Crippen MR) is 36.6 cm³/mol. The van der Waals surface area contributed by atoms with Crippen molar-refractivity contribution in [3.63, 3.8) is 0 Å². The van der Waals surface area contributed by atoms with Crippen LogP contribution >= 0.6 is 12.6 Å². The highest BCUT2D eigenvalue weighted by molar-refractivity contribution is 7.96. The molecule has 4 heteroatoms. The third-order valence-electron chi connectivity index (χ3n) is 1.20. The van der Waals surface area contributed by atoms with Crippen LogP contribution < -0.4 is 5.32 Å². The number of hydrogen-bond acceptors (Lipinski definition) is 3. The molecule has 1 fully saturated rings. The van der Waals surface area contributed by atoms with Gasteiger partial charge in [0.25, 0.3) is 0 Å². The van der Waals surface area contributed by atoms with E-state index in [0.717, 1.165) is 6.54 Å². The van der Waals surface area contributed by atoms with Gasteiger partial charge in [0.2, 0.25) is 5.12 Å². The standard InChI is InChI=1S/C5H9NO2S/c7-5(9)4-3-6-1-2-8-4/h4,6H,1-3H2,(H,7,9). The fourth-order valence-corrected chi connectivity index (χ4v) is 0.890. The Labute approximate surface area is 59.2 Å². The van der Waals surface area contributed by atoms with Crippen molar-refractivity contribution in [3.8, 4) is 0 Å².